The number of hydrogen-bond acceptors (Lipinski definition) is 4. The molecule has 0 saturated heterocycles. The first-order valence-electron chi connectivity index (χ1n) is 9.11. The van der Waals surface area contributed by atoms with Crippen molar-refractivity contribution in [3.8, 4) is 11.8 Å². The van der Waals surface area contributed by atoms with Crippen LogP contribution in [0.1, 0.15) is 25.0 Å². The topological polar surface area (TPSA) is 70.4 Å². The van der Waals surface area contributed by atoms with Gasteiger partial charge in [-0.2, -0.15) is 5.26 Å². The number of halogens is 1. The number of amides is 2. The summed E-state index contributed by atoms with van der Waals surface area (Å²) in [6, 6.07) is 15.1. The van der Waals surface area contributed by atoms with Gasteiger partial charge in [-0.1, -0.05) is 24.3 Å². The minimum Gasteiger partial charge on any atom is -0.489 e. The Balaban J connectivity index is 1.80. The smallest absolute Gasteiger partial charge is 0.271 e. The molecule has 0 unspecified atom stereocenters. The third kappa shape index (κ3) is 4.25. The van der Waals surface area contributed by atoms with Crippen molar-refractivity contribution < 1.29 is 18.7 Å². The first kappa shape index (κ1) is 20.0. The zero-order valence-corrected chi connectivity index (χ0v) is 16.1. The lowest BCUT2D eigenvalue weighted by molar-refractivity contribution is -0.140. The van der Waals surface area contributed by atoms with E-state index in [-0.39, 0.29) is 17.9 Å². The highest BCUT2D eigenvalue weighted by Gasteiger charge is 2.34. The number of carbonyl (C=O) groups excluding carboxylic acids is 2. The molecule has 0 saturated carbocycles. The van der Waals surface area contributed by atoms with Crippen LogP contribution in [-0.2, 0) is 16.2 Å². The molecule has 2 aromatic rings. The van der Waals surface area contributed by atoms with Crippen molar-refractivity contribution in [1.82, 2.24) is 4.90 Å². The van der Waals surface area contributed by atoms with Crippen molar-refractivity contribution in [3.63, 3.8) is 0 Å². The summed E-state index contributed by atoms with van der Waals surface area (Å²) in [4.78, 5) is 25.9. The minimum absolute atomic E-state index is 0.0167. The number of nitrogens with zero attached hydrogens (tertiary/aromatic N) is 2. The molecule has 146 valence electrons. The molecule has 6 heteroatoms. The number of ether oxygens (including phenoxy) is 1. The van der Waals surface area contributed by atoms with Gasteiger partial charge in [0.1, 0.15) is 29.8 Å². The van der Waals surface area contributed by atoms with Crippen LogP contribution in [0.5, 0.6) is 5.75 Å². The van der Waals surface area contributed by atoms with Gasteiger partial charge < -0.3 is 4.74 Å². The predicted molar refractivity (Wildman–Crippen MR) is 106 cm³/mol. The molecule has 5 nitrogen and oxygen atoms in total. The summed E-state index contributed by atoms with van der Waals surface area (Å²) >= 11 is 0. The Morgan fingerprint density at radius 1 is 1.07 bits per heavy atom. The number of hydrogen-bond donors (Lipinski definition) is 0. The van der Waals surface area contributed by atoms with Crippen LogP contribution in [0, 0.1) is 17.1 Å². The molecule has 0 aromatic heterocycles. The molecule has 0 N–H and O–H groups in total. The Bertz CT molecular complexity index is 1050. The molecular formula is C23H19FN2O3. The van der Waals surface area contributed by atoms with Gasteiger partial charge in [-0.25, -0.2) is 4.39 Å². The number of benzene rings is 2. The highest BCUT2D eigenvalue weighted by molar-refractivity contribution is 6.19. The first-order chi connectivity index (χ1) is 13.9. The van der Waals surface area contributed by atoms with Crippen molar-refractivity contribution in [1.29, 1.82) is 5.26 Å². The highest BCUT2D eigenvalue weighted by atomic mass is 19.1. The van der Waals surface area contributed by atoms with Crippen LogP contribution in [0.4, 0.5) is 4.39 Å². The molecule has 1 aliphatic rings. The van der Waals surface area contributed by atoms with E-state index in [0.29, 0.717) is 23.5 Å². The second kappa shape index (κ2) is 8.53. The van der Waals surface area contributed by atoms with Gasteiger partial charge in [0, 0.05) is 12.1 Å². The second-order valence-corrected chi connectivity index (χ2v) is 6.51. The van der Waals surface area contributed by atoms with Crippen LogP contribution in [0.15, 0.2) is 65.3 Å². The van der Waals surface area contributed by atoms with E-state index in [0.717, 1.165) is 16.0 Å². The SMILES string of the molecule is CCN1C(=O)C(C#N)=C(C)/C(=C\c2ccc(OCc3ccc(F)cc3)cc2)C1=O. The van der Waals surface area contributed by atoms with E-state index >= 15 is 0 Å². The van der Waals surface area contributed by atoms with Gasteiger partial charge in [0.2, 0.25) is 0 Å². The molecule has 0 aliphatic carbocycles. The van der Waals surface area contributed by atoms with E-state index in [9.17, 15) is 19.2 Å². The second-order valence-electron chi connectivity index (χ2n) is 6.51. The molecule has 2 aromatic carbocycles. The zero-order valence-electron chi connectivity index (χ0n) is 16.1. The standard InChI is InChI=1S/C23H19FN2O3/c1-3-26-22(27)20(15(2)21(13-25)23(26)28)12-16-6-10-19(11-7-16)29-14-17-4-8-18(24)9-5-17/h4-12H,3,14H2,1-2H3/b20-12+. The van der Waals surface area contributed by atoms with Gasteiger partial charge in [-0.05, 0) is 60.9 Å². The maximum Gasteiger partial charge on any atom is 0.271 e. The number of imide groups is 1. The van der Waals surface area contributed by atoms with Crippen molar-refractivity contribution in [2.24, 2.45) is 0 Å². The molecule has 1 aliphatic heterocycles. The summed E-state index contributed by atoms with van der Waals surface area (Å²) in [5.74, 6) is -0.637. The average molecular weight is 390 g/mol. The Hall–Kier alpha value is -3.72. The lowest BCUT2D eigenvalue weighted by Crippen LogP contribution is -2.42. The van der Waals surface area contributed by atoms with Gasteiger partial charge in [-0.15, -0.1) is 0 Å². The molecule has 29 heavy (non-hydrogen) atoms. The van der Waals surface area contributed by atoms with Gasteiger partial charge in [-0.3, -0.25) is 14.5 Å². The van der Waals surface area contributed by atoms with Crippen LogP contribution >= 0.6 is 0 Å². The van der Waals surface area contributed by atoms with Crippen molar-refractivity contribution in [2.45, 2.75) is 20.5 Å². The predicted octanol–water partition coefficient (Wildman–Crippen LogP) is 4.02. The fourth-order valence-corrected chi connectivity index (χ4v) is 2.99. The largest absolute Gasteiger partial charge is 0.489 e. The zero-order chi connectivity index (χ0) is 21.0. The summed E-state index contributed by atoms with van der Waals surface area (Å²) in [6.45, 7) is 3.80. The number of nitriles is 1. The Morgan fingerprint density at radius 2 is 1.72 bits per heavy atom. The lowest BCUT2D eigenvalue weighted by Gasteiger charge is -2.26. The van der Waals surface area contributed by atoms with Gasteiger partial charge >= 0.3 is 0 Å². The quantitative estimate of drug-likeness (QED) is 0.571. The fourth-order valence-electron chi connectivity index (χ4n) is 2.99. The van der Waals surface area contributed by atoms with Gasteiger partial charge in [0.25, 0.3) is 11.8 Å². The molecule has 0 spiro atoms. The normalized spacial score (nSPS) is 15.7. The molecule has 1 heterocycles. The van der Waals surface area contributed by atoms with Crippen LogP contribution in [-0.4, -0.2) is 23.3 Å². The number of carbonyl (C=O) groups is 2. The van der Waals surface area contributed by atoms with E-state index in [1.165, 1.54) is 12.1 Å². The van der Waals surface area contributed by atoms with Gasteiger partial charge in [0.15, 0.2) is 0 Å². The van der Waals surface area contributed by atoms with Crippen molar-refractivity contribution in [3.05, 3.63) is 82.2 Å². The Morgan fingerprint density at radius 3 is 2.31 bits per heavy atom. The van der Waals surface area contributed by atoms with Gasteiger partial charge in [0.05, 0.1) is 0 Å². The maximum absolute atomic E-state index is 12.9. The lowest BCUT2D eigenvalue weighted by atomic mass is 9.94. The van der Waals surface area contributed by atoms with E-state index in [1.807, 2.05) is 6.07 Å². The molecule has 0 bridgehead atoms. The van der Waals surface area contributed by atoms with Crippen LogP contribution in [0.25, 0.3) is 6.08 Å². The van der Waals surface area contributed by atoms with E-state index in [4.69, 9.17) is 4.74 Å². The molecule has 0 radical (unpaired) electrons. The molecule has 0 atom stereocenters. The summed E-state index contributed by atoms with van der Waals surface area (Å²) in [7, 11) is 0. The molecule has 0 fully saturated rings. The molecule has 2 amide bonds. The Labute approximate surface area is 168 Å². The average Bonchev–Trinajstić information content (AvgIpc) is 2.72. The summed E-state index contributed by atoms with van der Waals surface area (Å²) in [6.07, 6.45) is 1.66. The highest BCUT2D eigenvalue weighted by Crippen LogP contribution is 2.27. The van der Waals surface area contributed by atoms with Crippen molar-refractivity contribution in [2.75, 3.05) is 6.54 Å². The van der Waals surface area contributed by atoms with Crippen LogP contribution in [0.2, 0.25) is 0 Å². The minimum atomic E-state index is -0.556. The maximum atomic E-state index is 12.9. The number of rotatable bonds is 5. The monoisotopic (exact) mass is 390 g/mol. The summed E-state index contributed by atoms with van der Waals surface area (Å²) in [5.41, 5.74) is 2.27. The first-order valence-corrected chi connectivity index (χ1v) is 9.11. The third-order valence-electron chi connectivity index (χ3n) is 4.65. The molecule has 3 rings (SSSR count). The van der Waals surface area contributed by atoms with Crippen LogP contribution < -0.4 is 4.74 Å². The summed E-state index contributed by atoms with van der Waals surface area (Å²) in [5, 5.41) is 9.29. The van der Waals surface area contributed by atoms with Crippen LogP contribution in [0.3, 0.4) is 0 Å². The Kier molecular flexibility index (Phi) is 5.89. The fraction of sp³-hybridized carbons (Fsp3) is 0.174. The molecular weight excluding hydrogens is 371 g/mol. The third-order valence-corrected chi connectivity index (χ3v) is 4.65. The number of likely N-dealkylation sites (N-methyl/N-ethyl adjacent to an activating group) is 1. The van der Waals surface area contributed by atoms with E-state index in [2.05, 4.69) is 0 Å². The van der Waals surface area contributed by atoms with E-state index < -0.39 is 11.8 Å². The van der Waals surface area contributed by atoms with Crippen molar-refractivity contribution >= 4 is 17.9 Å². The summed E-state index contributed by atoms with van der Waals surface area (Å²) < 4.78 is 18.6. The van der Waals surface area contributed by atoms with E-state index in [1.54, 1.807) is 56.3 Å².